The van der Waals surface area contributed by atoms with Crippen LogP contribution in [0.15, 0.2) is 36.7 Å². The highest BCUT2D eigenvalue weighted by atomic mass is 19.4. The van der Waals surface area contributed by atoms with Crippen LogP contribution in [-0.4, -0.2) is 28.0 Å². The first kappa shape index (κ1) is 20.8. The van der Waals surface area contributed by atoms with Crippen molar-refractivity contribution < 1.29 is 13.2 Å². The van der Waals surface area contributed by atoms with Crippen molar-refractivity contribution in [2.75, 3.05) is 13.1 Å². The molecule has 0 spiro atoms. The van der Waals surface area contributed by atoms with Crippen LogP contribution in [0.4, 0.5) is 13.2 Å². The SMILES string of the molecule is CC(C)c1ncc(CN2CCC[C@@H](CCc3cccc(C(F)(F)F)c3)C2)cn1. The maximum atomic E-state index is 12.9. The lowest BCUT2D eigenvalue weighted by atomic mass is 9.91. The van der Waals surface area contributed by atoms with Gasteiger partial charge in [-0.05, 0) is 49.8 Å². The summed E-state index contributed by atoms with van der Waals surface area (Å²) in [7, 11) is 0. The van der Waals surface area contributed by atoms with E-state index in [1.54, 1.807) is 6.07 Å². The van der Waals surface area contributed by atoms with E-state index in [2.05, 4.69) is 28.7 Å². The smallest absolute Gasteiger partial charge is 0.299 e. The van der Waals surface area contributed by atoms with Gasteiger partial charge in [0.1, 0.15) is 5.82 Å². The highest BCUT2D eigenvalue weighted by Crippen LogP contribution is 2.30. The van der Waals surface area contributed by atoms with Crippen LogP contribution < -0.4 is 0 Å². The van der Waals surface area contributed by atoms with Crippen molar-refractivity contribution in [2.45, 2.75) is 58.2 Å². The Morgan fingerprint density at radius 1 is 1.14 bits per heavy atom. The first-order valence-electron chi connectivity index (χ1n) is 10.0. The largest absolute Gasteiger partial charge is 0.416 e. The van der Waals surface area contributed by atoms with Crippen LogP contribution in [0.1, 0.15) is 61.5 Å². The van der Waals surface area contributed by atoms with E-state index < -0.39 is 11.7 Å². The maximum absolute atomic E-state index is 12.9. The number of nitrogens with zero attached hydrogens (tertiary/aromatic N) is 3. The van der Waals surface area contributed by atoms with Gasteiger partial charge in [0.25, 0.3) is 0 Å². The molecule has 2 heterocycles. The van der Waals surface area contributed by atoms with Gasteiger partial charge in [0.2, 0.25) is 0 Å². The molecular formula is C22H28F3N3. The van der Waals surface area contributed by atoms with Crippen molar-refractivity contribution in [1.82, 2.24) is 14.9 Å². The number of likely N-dealkylation sites (tertiary alicyclic amines) is 1. The van der Waals surface area contributed by atoms with Crippen molar-refractivity contribution >= 4 is 0 Å². The van der Waals surface area contributed by atoms with Gasteiger partial charge in [0.15, 0.2) is 0 Å². The first-order valence-corrected chi connectivity index (χ1v) is 10.0. The van der Waals surface area contributed by atoms with E-state index >= 15 is 0 Å². The second-order valence-corrected chi connectivity index (χ2v) is 8.08. The Balaban J connectivity index is 1.52. The van der Waals surface area contributed by atoms with Gasteiger partial charge in [-0.15, -0.1) is 0 Å². The van der Waals surface area contributed by atoms with Crippen LogP contribution in [0.5, 0.6) is 0 Å². The van der Waals surface area contributed by atoms with Crippen molar-refractivity contribution in [2.24, 2.45) is 5.92 Å². The molecule has 3 rings (SSSR count). The number of benzene rings is 1. The van der Waals surface area contributed by atoms with Crippen LogP contribution in [0.25, 0.3) is 0 Å². The Morgan fingerprint density at radius 2 is 1.89 bits per heavy atom. The van der Waals surface area contributed by atoms with Crippen molar-refractivity contribution in [3.63, 3.8) is 0 Å². The molecule has 1 atom stereocenters. The quantitative estimate of drug-likeness (QED) is 0.654. The van der Waals surface area contributed by atoms with E-state index in [0.717, 1.165) is 61.9 Å². The fourth-order valence-electron chi connectivity index (χ4n) is 3.81. The number of piperidine rings is 1. The summed E-state index contributed by atoms with van der Waals surface area (Å²) in [6.45, 7) is 7.01. The Hall–Kier alpha value is -1.95. The Kier molecular flexibility index (Phi) is 6.70. The lowest BCUT2D eigenvalue weighted by Crippen LogP contribution is -2.35. The van der Waals surface area contributed by atoms with Crippen LogP contribution in [0.3, 0.4) is 0 Å². The molecule has 0 saturated carbocycles. The fourth-order valence-corrected chi connectivity index (χ4v) is 3.81. The Labute approximate surface area is 165 Å². The molecule has 0 N–H and O–H groups in total. The summed E-state index contributed by atoms with van der Waals surface area (Å²) in [6.07, 6.45) is 3.42. The summed E-state index contributed by atoms with van der Waals surface area (Å²) in [6, 6.07) is 5.72. The van der Waals surface area contributed by atoms with Gasteiger partial charge in [0.05, 0.1) is 5.56 Å². The van der Waals surface area contributed by atoms with E-state index in [-0.39, 0.29) is 0 Å². The zero-order chi connectivity index (χ0) is 20.1. The summed E-state index contributed by atoms with van der Waals surface area (Å²) in [5.41, 5.74) is 1.33. The number of alkyl halides is 3. The lowest BCUT2D eigenvalue weighted by Gasteiger charge is -2.32. The first-order chi connectivity index (χ1) is 13.3. The number of hydrogen-bond acceptors (Lipinski definition) is 3. The van der Waals surface area contributed by atoms with Gasteiger partial charge < -0.3 is 0 Å². The standard InChI is InChI=1S/C22H28F3N3/c1-16(2)21-26-12-19(13-27-21)15-28-10-4-6-18(14-28)9-8-17-5-3-7-20(11-17)22(23,24)25/h3,5,7,11-13,16,18H,4,6,8-10,14-15H2,1-2H3/t18-/m0/s1. The number of halogens is 3. The number of aryl methyl sites for hydroxylation is 1. The highest BCUT2D eigenvalue weighted by molar-refractivity contribution is 5.25. The van der Waals surface area contributed by atoms with Crippen molar-refractivity contribution in [3.8, 4) is 0 Å². The molecule has 1 aliphatic heterocycles. The minimum atomic E-state index is -4.27. The number of aromatic nitrogens is 2. The molecule has 152 valence electrons. The molecule has 1 saturated heterocycles. The Bertz CT molecular complexity index is 756. The summed E-state index contributed by atoms with van der Waals surface area (Å²) in [4.78, 5) is 11.3. The average Bonchev–Trinajstić information content (AvgIpc) is 2.67. The second kappa shape index (κ2) is 9.03. The molecule has 0 amide bonds. The zero-order valence-corrected chi connectivity index (χ0v) is 16.5. The summed E-state index contributed by atoms with van der Waals surface area (Å²) in [5.74, 6) is 1.70. The van der Waals surface area contributed by atoms with Crippen LogP contribution in [0, 0.1) is 5.92 Å². The topological polar surface area (TPSA) is 29.0 Å². The minimum Gasteiger partial charge on any atom is -0.299 e. The molecule has 1 aromatic carbocycles. The van der Waals surface area contributed by atoms with Gasteiger partial charge in [-0.3, -0.25) is 4.90 Å². The van der Waals surface area contributed by atoms with E-state index in [9.17, 15) is 13.2 Å². The predicted octanol–water partition coefficient (Wildman–Crippen LogP) is 5.46. The molecule has 0 unspecified atom stereocenters. The molecule has 0 aliphatic carbocycles. The fraction of sp³-hybridized carbons (Fsp3) is 0.545. The third-order valence-electron chi connectivity index (χ3n) is 5.35. The summed E-state index contributed by atoms with van der Waals surface area (Å²) in [5, 5.41) is 0. The number of rotatable bonds is 6. The predicted molar refractivity (Wildman–Crippen MR) is 104 cm³/mol. The maximum Gasteiger partial charge on any atom is 0.416 e. The Morgan fingerprint density at radius 3 is 2.57 bits per heavy atom. The third kappa shape index (κ3) is 5.77. The van der Waals surface area contributed by atoms with Crippen LogP contribution in [-0.2, 0) is 19.1 Å². The molecule has 1 aliphatic rings. The minimum absolute atomic E-state index is 0.323. The lowest BCUT2D eigenvalue weighted by molar-refractivity contribution is -0.137. The molecule has 6 heteroatoms. The molecule has 0 bridgehead atoms. The van der Waals surface area contributed by atoms with Crippen molar-refractivity contribution in [3.05, 3.63) is 59.2 Å². The van der Waals surface area contributed by atoms with E-state index in [0.29, 0.717) is 18.3 Å². The van der Waals surface area contributed by atoms with Gasteiger partial charge >= 0.3 is 6.18 Å². The molecule has 3 nitrogen and oxygen atoms in total. The van der Waals surface area contributed by atoms with Gasteiger partial charge in [0, 0.05) is 37.0 Å². The second-order valence-electron chi connectivity index (χ2n) is 8.08. The highest BCUT2D eigenvalue weighted by Gasteiger charge is 2.30. The van der Waals surface area contributed by atoms with Crippen LogP contribution >= 0.6 is 0 Å². The van der Waals surface area contributed by atoms with E-state index in [1.165, 1.54) is 12.1 Å². The number of hydrogen-bond donors (Lipinski definition) is 0. The average molecular weight is 391 g/mol. The van der Waals surface area contributed by atoms with Crippen molar-refractivity contribution in [1.29, 1.82) is 0 Å². The van der Waals surface area contributed by atoms with E-state index in [4.69, 9.17) is 0 Å². The monoisotopic (exact) mass is 391 g/mol. The molecule has 0 radical (unpaired) electrons. The molecule has 1 fully saturated rings. The molecule has 28 heavy (non-hydrogen) atoms. The molecule has 2 aromatic rings. The third-order valence-corrected chi connectivity index (χ3v) is 5.35. The van der Waals surface area contributed by atoms with Crippen LogP contribution in [0.2, 0.25) is 0 Å². The van der Waals surface area contributed by atoms with Gasteiger partial charge in [-0.2, -0.15) is 13.2 Å². The van der Waals surface area contributed by atoms with E-state index in [1.807, 2.05) is 12.4 Å². The molecular weight excluding hydrogens is 363 g/mol. The molecule has 1 aromatic heterocycles. The normalized spacial score (nSPS) is 18.6. The zero-order valence-electron chi connectivity index (χ0n) is 16.5. The van der Waals surface area contributed by atoms with Gasteiger partial charge in [-0.1, -0.05) is 32.0 Å². The van der Waals surface area contributed by atoms with Gasteiger partial charge in [-0.25, -0.2) is 9.97 Å². The summed E-state index contributed by atoms with van der Waals surface area (Å²) < 4.78 is 38.6. The summed E-state index contributed by atoms with van der Waals surface area (Å²) >= 11 is 0.